The predicted octanol–water partition coefficient (Wildman–Crippen LogP) is 2.08. The zero-order chi connectivity index (χ0) is 20.0. The third-order valence-electron chi connectivity index (χ3n) is 3.41. The second-order valence-electron chi connectivity index (χ2n) is 5.43. The van der Waals surface area contributed by atoms with E-state index in [0.717, 1.165) is 23.5 Å². The quantitative estimate of drug-likeness (QED) is 0.380. The molecule has 0 unspecified atom stereocenters. The number of hydrazone groups is 1. The molecule has 27 heavy (non-hydrogen) atoms. The van der Waals surface area contributed by atoms with Gasteiger partial charge in [0.2, 0.25) is 5.75 Å². The average Bonchev–Trinajstić information content (AvgIpc) is 2.62. The van der Waals surface area contributed by atoms with Crippen molar-refractivity contribution in [1.29, 1.82) is 0 Å². The molecule has 140 valence electrons. The summed E-state index contributed by atoms with van der Waals surface area (Å²) in [5.41, 5.74) is 2.25. The summed E-state index contributed by atoms with van der Waals surface area (Å²) in [5, 5.41) is 38.0. The highest BCUT2D eigenvalue weighted by atomic mass is 16.6. The lowest BCUT2D eigenvalue weighted by atomic mass is 10.1. The maximum atomic E-state index is 11.7. The maximum absolute atomic E-state index is 11.7. The summed E-state index contributed by atoms with van der Waals surface area (Å²) in [4.78, 5) is 31.7. The monoisotopic (exact) mass is 373 g/mol. The number of nitro groups is 2. The molecule has 1 amide bonds. The van der Waals surface area contributed by atoms with Gasteiger partial charge in [-0.25, -0.2) is 5.43 Å². The number of nitrogens with one attached hydrogen (secondary N) is 2. The number of aromatic hydroxyl groups is 1. The van der Waals surface area contributed by atoms with Crippen molar-refractivity contribution >= 4 is 29.2 Å². The molecule has 11 heteroatoms. The van der Waals surface area contributed by atoms with Gasteiger partial charge in [-0.1, -0.05) is 17.7 Å². The van der Waals surface area contributed by atoms with Gasteiger partial charge in [-0.15, -0.1) is 0 Å². The maximum Gasteiger partial charge on any atom is 0.318 e. The molecule has 0 aromatic heterocycles. The van der Waals surface area contributed by atoms with E-state index in [2.05, 4.69) is 15.8 Å². The lowest BCUT2D eigenvalue weighted by Gasteiger charge is -2.05. The summed E-state index contributed by atoms with van der Waals surface area (Å²) in [7, 11) is 0. The lowest BCUT2D eigenvalue weighted by molar-refractivity contribution is -0.394. The molecule has 2 rings (SSSR count). The molecule has 0 saturated carbocycles. The van der Waals surface area contributed by atoms with E-state index in [1.54, 1.807) is 12.1 Å². The number of rotatable bonds is 7. The second-order valence-corrected chi connectivity index (χ2v) is 5.43. The number of aryl methyl sites for hydroxylation is 1. The smallest absolute Gasteiger partial charge is 0.318 e. The van der Waals surface area contributed by atoms with Gasteiger partial charge in [-0.2, -0.15) is 5.10 Å². The van der Waals surface area contributed by atoms with Crippen LogP contribution in [0, 0.1) is 27.2 Å². The van der Waals surface area contributed by atoms with Crippen LogP contribution in [0.4, 0.5) is 17.1 Å². The van der Waals surface area contributed by atoms with Crippen LogP contribution in [0.3, 0.4) is 0 Å². The highest BCUT2D eigenvalue weighted by Gasteiger charge is 2.23. The number of hydrogen-bond acceptors (Lipinski definition) is 8. The Morgan fingerprint density at radius 3 is 2.44 bits per heavy atom. The van der Waals surface area contributed by atoms with E-state index in [0.29, 0.717) is 6.07 Å². The summed E-state index contributed by atoms with van der Waals surface area (Å²) < 4.78 is 0. The van der Waals surface area contributed by atoms with Gasteiger partial charge in [0, 0.05) is 11.8 Å². The van der Waals surface area contributed by atoms with Gasteiger partial charge in [-0.3, -0.25) is 25.0 Å². The Bertz CT molecular complexity index is 910. The molecule has 0 heterocycles. The highest BCUT2D eigenvalue weighted by molar-refractivity contribution is 5.88. The van der Waals surface area contributed by atoms with Gasteiger partial charge < -0.3 is 10.4 Å². The van der Waals surface area contributed by atoms with Gasteiger partial charge in [-0.05, 0) is 19.1 Å². The van der Waals surface area contributed by atoms with E-state index >= 15 is 0 Å². The van der Waals surface area contributed by atoms with Gasteiger partial charge in [0.15, 0.2) is 0 Å². The first-order valence-corrected chi connectivity index (χ1v) is 7.56. The summed E-state index contributed by atoms with van der Waals surface area (Å²) >= 11 is 0. The first-order valence-electron chi connectivity index (χ1n) is 7.56. The van der Waals surface area contributed by atoms with Crippen molar-refractivity contribution < 1.29 is 19.7 Å². The minimum Gasteiger partial charge on any atom is -0.502 e. The van der Waals surface area contributed by atoms with Gasteiger partial charge >= 0.3 is 5.69 Å². The number of anilines is 1. The Kier molecular flexibility index (Phi) is 5.99. The van der Waals surface area contributed by atoms with E-state index in [9.17, 15) is 30.1 Å². The van der Waals surface area contributed by atoms with Crippen LogP contribution in [-0.2, 0) is 4.79 Å². The van der Waals surface area contributed by atoms with Crippen LogP contribution in [0.1, 0.15) is 11.1 Å². The van der Waals surface area contributed by atoms with E-state index in [-0.39, 0.29) is 12.1 Å². The number of phenolic OH excluding ortho intramolecular Hbond substituents is 1. The predicted molar refractivity (Wildman–Crippen MR) is 96.8 cm³/mol. The summed E-state index contributed by atoms with van der Waals surface area (Å²) in [6, 6.07) is 8.88. The summed E-state index contributed by atoms with van der Waals surface area (Å²) in [5.74, 6) is -1.31. The third-order valence-corrected chi connectivity index (χ3v) is 3.41. The molecule has 0 aliphatic carbocycles. The van der Waals surface area contributed by atoms with Crippen molar-refractivity contribution in [3.05, 3.63) is 67.8 Å². The molecule has 2 aromatic carbocycles. The SMILES string of the molecule is Cc1ccc(NCC(=O)N/N=C/c2cc([N+](=O)[O-])cc([N+](=O)[O-])c2O)cc1. The number of phenols is 1. The van der Waals surface area contributed by atoms with Crippen LogP contribution in [0.2, 0.25) is 0 Å². The third kappa shape index (κ3) is 5.22. The van der Waals surface area contributed by atoms with E-state index < -0.39 is 32.9 Å². The molecule has 11 nitrogen and oxygen atoms in total. The number of carbonyl (C=O) groups excluding carboxylic acids is 1. The zero-order valence-corrected chi connectivity index (χ0v) is 14.1. The molecular weight excluding hydrogens is 358 g/mol. The van der Waals surface area contributed by atoms with E-state index in [1.807, 2.05) is 19.1 Å². The van der Waals surface area contributed by atoms with E-state index in [1.165, 1.54) is 0 Å². The second kappa shape index (κ2) is 8.38. The molecule has 0 fully saturated rings. The molecule has 0 bridgehead atoms. The molecule has 0 aliphatic rings. The minimum atomic E-state index is -0.955. The number of benzene rings is 2. The van der Waals surface area contributed by atoms with E-state index in [4.69, 9.17) is 0 Å². The van der Waals surface area contributed by atoms with Crippen LogP contribution in [0.25, 0.3) is 0 Å². The average molecular weight is 373 g/mol. The van der Waals surface area contributed by atoms with Crippen LogP contribution in [0.15, 0.2) is 41.5 Å². The Morgan fingerprint density at radius 1 is 1.19 bits per heavy atom. The number of carbonyl (C=O) groups is 1. The van der Waals surface area contributed by atoms with Crippen LogP contribution < -0.4 is 10.7 Å². The fraction of sp³-hybridized carbons (Fsp3) is 0.125. The minimum absolute atomic E-state index is 0.0958. The van der Waals surface area contributed by atoms with Crippen molar-refractivity contribution in [3.63, 3.8) is 0 Å². The number of hydrogen-bond donors (Lipinski definition) is 3. The molecular formula is C16H15N5O6. The fourth-order valence-electron chi connectivity index (χ4n) is 2.04. The molecule has 0 aliphatic heterocycles. The van der Waals surface area contributed by atoms with Crippen molar-refractivity contribution in [2.75, 3.05) is 11.9 Å². The van der Waals surface area contributed by atoms with Crippen LogP contribution >= 0.6 is 0 Å². The number of nitro benzene ring substituents is 2. The molecule has 0 radical (unpaired) electrons. The van der Waals surface area contributed by atoms with Crippen LogP contribution in [0.5, 0.6) is 5.75 Å². The molecule has 2 aromatic rings. The molecule has 0 spiro atoms. The van der Waals surface area contributed by atoms with Crippen molar-refractivity contribution in [3.8, 4) is 5.75 Å². The van der Waals surface area contributed by atoms with Gasteiger partial charge in [0.05, 0.1) is 34.2 Å². The molecule has 0 atom stereocenters. The largest absolute Gasteiger partial charge is 0.502 e. The lowest BCUT2D eigenvalue weighted by Crippen LogP contribution is -2.25. The molecule has 3 N–H and O–H groups in total. The Morgan fingerprint density at radius 2 is 1.85 bits per heavy atom. The van der Waals surface area contributed by atoms with Crippen molar-refractivity contribution in [2.45, 2.75) is 6.92 Å². The normalized spacial score (nSPS) is 10.6. The standard InChI is InChI=1S/C16H15N5O6/c1-10-2-4-12(5-3-10)17-9-15(22)19-18-8-11-6-13(20(24)25)7-14(16(11)23)21(26)27/h2-8,17,23H,9H2,1H3,(H,19,22)/b18-8+. The molecule has 0 saturated heterocycles. The number of non-ortho nitro benzene ring substituents is 1. The Labute approximate surface area is 152 Å². The number of amides is 1. The first-order chi connectivity index (χ1) is 12.8. The summed E-state index contributed by atoms with van der Waals surface area (Å²) in [6.45, 7) is 1.83. The Balaban J connectivity index is 2.04. The van der Waals surface area contributed by atoms with Crippen LogP contribution in [-0.4, -0.2) is 33.6 Å². The van der Waals surface area contributed by atoms with Crippen molar-refractivity contribution in [2.24, 2.45) is 5.10 Å². The van der Waals surface area contributed by atoms with Crippen molar-refractivity contribution in [1.82, 2.24) is 5.43 Å². The highest BCUT2D eigenvalue weighted by Crippen LogP contribution is 2.33. The first kappa shape index (κ1) is 19.3. The summed E-state index contributed by atoms with van der Waals surface area (Å²) in [6.07, 6.45) is 0.888. The Hall–Kier alpha value is -4.02. The van der Waals surface area contributed by atoms with Gasteiger partial charge in [0.25, 0.3) is 11.6 Å². The number of nitrogens with zero attached hydrogens (tertiary/aromatic N) is 3. The van der Waals surface area contributed by atoms with Gasteiger partial charge in [0.1, 0.15) is 0 Å². The topological polar surface area (TPSA) is 160 Å². The zero-order valence-electron chi connectivity index (χ0n) is 14.1. The fourth-order valence-corrected chi connectivity index (χ4v) is 2.04.